The highest BCUT2D eigenvalue weighted by atomic mass is 35.5. The molecule has 0 atom stereocenters. The van der Waals surface area contributed by atoms with Crippen molar-refractivity contribution in [2.75, 3.05) is 77.1 Å². The van der Waals surface area contributed by atoms with Crippen molar-refractivity contribution in [2.45, 2.75) is 32.4 Å². The molecule has 2 aliphatic heterocycles. The second kappa shape index (κ2) is 12.7. The van der Waals surface area contributed by atoms with Gasteiger partial charge in [0.1, 0.15) is 22.7 Å². The fourth-order valence-corrected chi connectivity index (χ4v) is 6.16. The molecule has 1 amide bonds. The first-order chi connectivity index (χ1) is 21.9. The van der Waals surface area contributed by atoms with Gasteiger partial charge in [-0.3, -0.25) is 0 Å². The lowest BCUT2D eigenvalue weighted by atomic mass is 9.96. The van der Waals surface area contributed by atoms with Gasteiger partial charge in [0.05, 0.1) is 5.02 Å². The van der Waals surface area contributed by atoms with E-state index in [0.717, 1.165) is 23.9 Å². The second-order valence-corrected chi connectivity index (χ2v) is 13.4. The van der Waals surface area contributed by atoms with Crippen molar-refractivity contribution >= 4 is 51.1 Å². The molecule has 3 heterocycles. The van der Waals surface area contributed by atoms with Crippen LogP contribution in [0.3, 0.4) is 0 Å². The predicted molar refractivity (Wildman–Crippen MR) is 180 cm³/mol. The first-order valence-electron chi connectivity index (χ1n) is 15.4. The minimum Gasteiger partial charge on any atom is -0.468 e. The molecule has 0 bridgehead atoms. The monoisotopic (exact) mass is 650 g/mol. The summed E-state index contributed by atoms with van der Waals surface area (Å²) in [6.07, 6.45) is -0.349. The van der Waals surface area contributed by atoms with Gasteiger partial charge in [-0.15, -0.1) is 0 Å². The van der Waals surface area contributed by atoms with Crippen molar-refractivity contribution in [1.29, 1.82) is 0 Å². The first-order valence-corrected chi connectivity index (χ1v) is 15.8. The third kappa shape index (κ3) is 6.36. The van der Waals surface area contributed by atoms with Crippen molar-refractivity contribution in [2.24, 2.45) is 0 Å². The lowest BCUT2D eigenvalue weighted by molar-refractivity contribution is 0.0240. The number of fused-ring (bicyclic) bond motifs is 2. The number of aromatic nitrogens is 2. The Kier molecular flexibility index (Phi) is 8.84. The summed E-state index contributed by atoms with van der Waals surface area (Å²) in [5.41, 5.74) is 0.446. The molecule has 46 heavy (non-hydrogen) atoms. The number of carbonyl (C=O) groups is 1. The first kappa shape index (κ1) is 32.0. The van der Waals surface area contributed by atoms with E-state index >= 15 is 4.39 Å². The highest BCUT2D eigenvalue weighted by Crippen LogP contribution is 2.43. The average Bonchev–Trinajstić information content (AvgIpc) is 2.98. The molecular weight excluding hydrogens is 611 g/mol. The largest absolute Gasteiger partial charge is 0.468 e. The molecule has 0 radical (unpaired) electrons. The van der Waals surface area contributed by atoms with Gasteiger partial charge in [0.15, 0.2) is 12.6 Å². The highest BCUT2D eigenvalue weighted by molar-refractivity contribution is 6.35. The van der Waals surface area contributed by atoms with Crippen LogP contribution in [0.2, 0.25) is 5.02 Å². The zero-order chi connectivity index (χ0) is 32.7. The van der Waals surface area contributed by atoms with Gasteiger partial charge in [0.2, 0.25) is 5.95 Å². The Morgan fingerprint density at radius 2 is 1.74 bits per heavy atom. The van der Waals surface area contributed by atoms with Gasteiger partial charge in [0, 0.05) is 63.4 Å². The standard InChI is InChI=1S/C34H40ClFN6O4/c1-34(2,3)46-33(43)41-13-11-40(12-14-41)31-26-17-27(35)28(25-16-23(45-20-44-6)15-21-9-7-8-10-24(21)25)29(36)30(26)37-32(38-31)42-18-22(19-42)39(4)5/h7-10,15-17,22H,11-14,18-20H2,1-6H3. The summed E-state index contributed by atoms with van der Waals surface area (Å²) in [4.78, 5) is 30.5. The fourth-order valence-electron chi connectivity index (χ4n) is 5.87. The van der Waals surface area contributed by atoms with Crippen LogP contribution in [0.15, 0.2) is 42.5 Å². The Labute approximate surface area is 273 Å². The summed E-state index contributed by atoms with van der Waals surface area (Å²) >= 11 is 6.97. The number of anilines is 2. The number of methoxy groups -OCH3 is 1. The van der Waals surface area contributed by atoms with Gasteiger partial charge in [-0.25, -0.2) is 14.2 Å². The summed E-state index contributed by atoms with van der Waals surface area (Å²) in [6, 6.07) is 13.5. The zero-order valence-electron chi connectivity index (χ0n) is 27.1. The van der Waals surface area contributed by atoms with Crippen LogP contribution in [0.25, 0.3) is 32.8 Å². The van der Waals surface area contributed by atoms with Crippen LogP contribution in [-0.2, 0) is 9.47 Å². The van der Waals surface area contributed by atoms with E-state index < -0.39 is 11.4 Å². The maximum atomic E-state index is 17.0. The second-order valence-electron chi connectivity index (χ2n) is 13.0. The Morgan fingerprint density at radius 3 is 2.41 bits per heavy atom. The summed E-state index contributed by atoms with van der Waals surface area (Å²) in [6.45, 7) is 8.95. The molecule has 3 aromatic carbocycles. The van der Waals surface area contributed by atoms with Crippen LogP contribution < -0.4 is 14.5 Å². The number of piperazine rings is 1. The van der Waals surface area contributed by atoms with Crippen LogP contribution in [0.5, 0.6) is 5.75 Å². The SMILES string of the molecule is COCOc1cc(-c2c(Cl)cc3c(N4CCN(C(=O)OC(C)(C)C)CC4)nc(N4CC(N(C)C)C4)nc3c2F)c2ccccc2c1. The molecule has 10 nitrogen and oxygen atoms in total. The number of benzene rings is 3. The minimum atomic E-state index is -0.583. The van der Waals surface area contributed by atoms with E-state index in [1.807, 2.05) is 65.2 Å². The molecule has 4 aromatic rings. The van der Waals surface area contributed by atoms with Crippen molar-refractivity contribution in [3.05, 3.63) is 53.3 Å². The molecule has 0 saturated carbocycles. The van der Waals surface area contributed by atoms with Gasteiger partial charge in [-0.05, 0) is 69.4 Å². The van der Waals surface area contributed by atoms with E-state index in [1.165, 1.54) is 0 Å². The van der Waals surface area contributed by atoms with E-state index in [4.69, 9.17) is 35.8 Å². The van der Waals surface area contributed by atoms with Crippen LogP contribution in [0.4, 0.5) is 21.0 Å². The Morgan fingerprint density at radius 1 is 1.02 bits per heavy atom. The quantitative estimate of drug-likeness (QED) is 0.223. The Bertz CT molecular complexity index is 1770. The summed E-state index contributed by atoms with van der Waals surface area (Å²) in [5, 5.41) is 2.46. The molecule has 2 fully saturated rings. The molecule has 0 spiro atoms. The van der Waals surface area contributed by atoms with Gasteiger partial charge in [0.25, 0.3) is 0 Å². The average molecular weight is 651 g/mol. The topological polar surface area (TPSA) is 83.5 Å². The number of ether oxygens (including phenoxy) is 3. The molecule has 1 aromatic heterocycles. The van der Waals surface area contributed by atoms with E-state index in [1.54, 1.807) is 24.1 Å². The van der Waals surface area contributed by atoms with Crippen LogP contribution in [0, 0.1) is 5.82 Å². The Hall–Kier alpha value is -3.93. The number of rotatable bonds is 7. The van der Waals surface area contributed by atoms with Crippen molar-refractivity contribution in [3.63, 3.8) is 0 Å². The lowest BCUT2D eigenvalue weighted by Crippen LogP contribution is -2.58. The summed E-state index contributed by atoms with van der Waals surface area (Å²) in [7, 11) is 5.64. The molecule has 244 valence electrons. The maximum Gasteiger partial charge on any atom is 0.410 e. The van der Waals surface area contributed by atoms with E-state index in [0.29, 0.717) is 60.7 Å². The maximum absolute atomic E-state index is 17.0. The third-order valence-corrected chi connectivity index (χ3v) is 8.70. The van der Waals surface area contributed by atoms with Gasteiger partial charge in [-0.1, -0.05) is 35.9 Å². The van der Waals surface area contributed by atoms with Crippen molar-refractivity contribution in [3.8, 4) is 16.9 Å². The van der Waals surface area contributed by atoms with E-state index in [-0.39, 0.29) is 29.0 Å². The molecule has 0 unspecified atom stereocenters. The van der Waals surface area contributed by atoms with Crippen LogP contribution >= 0.6 is 11.6 Å². The minimum absolute atomic E-state index is 0.0522. The number of likely N-dealkylation sites (N-methyl/N-ethyl adjacent to an activating group) is 1. The van der Waals surface area contributed by atoms with Gasteiger partial charge < -0.3 is 33.8 Å². The van der Waals surface area contributed by atoms with Crippen molar-refractivity contribution < 1.29 is 23.4 Å². The molecule has 2 aliphatic rings. The van der Waals surface area contributed by atoms with Crippen LogP contribution in [-0.4, -0.2) is 105 Å². The predicted octanol–water partition coefficient (Wildman–Crippen LogP) is 6.03. The smallest absolute Gasteiger partial charge is 0.410 e. The fraction of sp³-hybridized carbons (Fsp3) is 0.441. The summed E-state index contributed by atoms with van der Waals surface area (Å²) in [5.74, 6) is 1.06. The lowest BCUT2D eigenvalue weighted by Gasteiger charge is -2.43. The third-order valence-electron chi connectivity index (χ3n) is 8.41. The number of hydrogen-bond donors (Lipinski definition) is 0. The van der Waals surface area contributed by atoms with Gasteiger partial charge >= 0.3 is 6.09 Å². The Balaban J connectivity index is 1.44. The molecule has 0 aliphatic carbocycles. The van der Waals surface area contributed by atoms with Crippen molar-refractivity contribution in [1.82, 2.24) is 19.8 Å². The number of nitrogens with zero attached hydrogens (tertiary/aromatic N) is 6. The number of halogens is 2. The van der Waals surface area contributed by atoms with E-state index in [2.05, 4.69) is 14.7 Å². The number of hydrogen-bond acceptors (Lipinski definition) is 9. The molecule has 0 N–H and O–H groups in total. The van der Waals surface area contributed by atoms with Crippen LogP contribution in [0.1, 0.15) is 20.8 Å². The molecule has 2 saturated heterocycles. The number of amides is 1. The van der Waals surface area contributed by atoms with Gasteiger partial charge in [-0.2, -0.15) is 4.98 Å². The van der Waals surface area contributed by atoms with E-state index in [9.17, 15) is 4.79 Å². The highest BCUT2D eigenvalue weighted by Gasteiger charge is 2.33. The molecule has 12 heteroatoms. The molecule has 6 rings (SSSR count). The zero-order valence-corrected chi connectivity index (χ0v) is 27.9. The summed E-state index contributed by atoms with van der Waals surface area (Å²) < 4.78 is 33.5. The molecular formula is C34H40ClFN6O4. The number of carbonyl (C=O) groups excluding carboxylic acids is 1. The normalized spacial score (nSPS) is 16.0.